The second kappa shape index (κ2) is 4.89. The lowest BCUT2D eigenvalue weighted by Crippen LogP contribution is -2.41. The first-order chi connectivity index (χ1) is 7.72. The van der Waals surface area contributed by atoms with E-state index in [9.17, 15) is 8.78 Å². The van der Waals surface area contributed by atoms with Crippen molar-refractivity contribution in [3.8, 4) is 0 Å². The van der Waals surface area contributed by atoms with Gasteiger partial charge in [-0.25, -0.2) is 8.78 Å². The molecule has 1 aromatic carbocycles. The zero-order valence-electron chi connectivity index (χ0n) is 9.26. The Morgan fingerprint density at radius 1 is 1.31 bits per heavy atom. The first-order valence-electron chi connectivity index (χ1n) is 5.57. The number of hydrogen-bond donors (Lipinski definition) is 2. The van der Waals surface area contributed by atoms with Gasteiger partial charge in [0, 0.05) is 17.6 Å². The van der Waals surface area contributed by atoms with Crippen LogP contribution in [0.25, 0.3) is 0 Å². The molecule has 1 aliphatic heterocycles. The normalized spacial score (nSPS) is 25.7. The second-order valence-electron chi connectivity index (χ2n) is 4.15. The van der Waals surface area contributed by atoms with Crippen LogP contribution in [0.2, 0.25) is 0 Å². The standard InChI is InChI=1S/C12H16F2N2/c1-15-8-5-6-16-11(7-8)12-9(13)3-2-4-10(12)14/h2-4,8,11,15-16H,5-7H2,1H3/t8-,11+/m1/s1. The van der Waals surface area contributed by atoms with E-state index in [4.69, 9.17) is 0 Å². The lowest BCUT2D eigenvalue weighted by Gasteiger charge is -2.30. The van der Waals surface area contributed by atoms with Crippen molar-refractivity contribution in [2.75, 3.05) is 13.6 Å². The summed E-state index contributed by atoms with van der Waals surface area (Å²) in [5.41, 5.74) is 0.169. The predicted molar refractivity (Wildman–Crippen MR) is 59.2 cm³/mol. The number of benzene rings is 1. The van der Waals surface area contributed by atoms with Crippen LogP contribution in [0.15, 0.2) is 18.2 Å². The summed E-state index contributed by atoms with van der Waals surface area (Å²) in [6, 6.07) is 4.11. The van der Waals surface area contributed by atoms with Crippen molar-refractivity contribution in [2.45, 2.75) is 24.9 Å². The fourth-order valence-corrected chi connectivity index (χ4v) is 2.24. The van der Waals surface area contributed by atoms with Crippen molar-refractivity contribution in [3.63, 3.8) is 0 Å². The summed E-state index contributed by atoms with van der Waals surface area (Å²) in [5.74, 6) is -0.927. The molecule has 0 unspecified atom stereocenters. The average molecular weight is 226 g/mol. The van der Waals surface area contributed by atoms with Gasteiger partial charge in [-0.05, 0) is 38.6 Å². The summed E-state index contributed by atoms with van der Waals surface area (Å²) in [6.07, 6.45) is 1.71. The summed E-state index contributed by atoms with van der Waals surface area (Å²) in [7, 11) is 1.88. The van der Waals surface area contributed by atoms with Crippen LogP contribution in [-0.4, -0.2) is 19.6 Å². The molecule has 1 heterocycles. The monoisotopic (exact) mass is 226 g/mol. The molecule has 1 saturated heterocycles. The first-order valence-corrected chi connectivity index (χ1v) is 5.57. The molecular formula is C12H16F2N2. The molecule has 0 radical (unpaired) electrons. The molecule has 1 aliphatic rings. The molecule has 0 saturated carbocycles. The molecule has 0 amide bonds. The first kappa shape index (κ1) is 11.5. The van der Waals surface area contributed by atoms with Crippen molar-refractivity contribution in [2.24, 2.45) is 0 Å². The minimum Gasteiger partial charge on any atom is -0.317 e. The molecule has 1 fully saturated rings. The molecule has 0 spiro atoms. The van der Waals surface area contributed by atoms with E-state index in [-0.39, 0.29) is 11.6 Å². The maximum Gasteiger partial charge on any atom is 0.130 e. The fourth-order valence-electron chi connectivity index (χ4n) is 2.24. The Hall–Kier alpha value is -1.00. The Kier molecular flexibility index (Phi) is 3.51. The van der Waals surface area contributed by atoms with Crippen LogP contribution in [0.1, 0.15) is 24.4 Å². The van der Waals surface area contributed by atoms with E-state index in [2.05, 4.69) is 10.6 Å². The number of hydrogen-bond acceptors (Lipinski definition) is 2. The van der Waals surface area contributed by atoms with Gasteiger partial charge >= 0.3 is 0 Å². The van der Waals surface area contributed by atoms with Gasteiger partial charge in [-0.2, -0.15) is 0 Å². The lowest BCUT2D eigenvalue weighted by atomic mass is 9.93. The van der Waals surface area contributed by atoms with Crippen molar-refractivity contribution >= 4 is 0 Å². The van der Waals surface area contributed by atoms with Gasteiger partial charge in [0.2, 0.25) is 0 Å². The highest BCUT2D eigenvalue weighted by Gasteiger charge is 2.26. The second-order valence-corrected chi connectivity index (χ2v) is 4.15. The van der Waals surface area contributed by atoms with Crippen LogP contribution in [0.4, 0.5) is 8.78 Å². The zero-order chi connectivity index (χ0) is 11.5. The Morgan fingerprint density at radius 3 is 2.62 bits per heavy atom. The van der Waals surface area contributed by atoms with Gasteiger partial charge in [0.1, 0.15) is 11.6 Å². The summed E-state index contributed by atoms with van der Waals surface area (Å²) < 4.78 is 27.1. The van der Waals surface area contributed by atoms with Gasteiger partial charge in [-0.1, -0.05) is 6.07 Å². The third kappa shape index (κ3) is 2.23. The van der Waals surface area contributed by atoms with Gasteiger partial charge in [-0.3, -0.25) is 0 Å². The minimum absolute atomic E-state index is 0.169. The molecule has 0 aromatic heterocycles. The van der Waals surface area contributed by atoms with E-state index in [0.717, 1.165) is 13.0 Å². The van der Waals surface area contributed by atoms with Crippen LogP contribution in [0.3, 0.4) is 0 Å². The smallest absolute Gasteiger partial charge is 0.130 e. The summed E-state index contributed by atoms with van der Waals surface area (Å²) in [6.45, 7) is 0.782. The summed E-state index contributed by atoms with van der Waals surface area (Å²) >= 11 is 0. The highest BCUT2D eigenvalue weighted by atomic mass is 19.1. The maximum absolute atomic E-state index is 13.6. The summed E-state index contributed by atoms with van der Waals surface area (Å²) in [4.78, 5) is 0. The molecule has 88 valence electrons. The average Bonchev–Trinajstić information content (AvgIpc) is 2.29. The molecular weight excluding hydrogens is 210 g/mol. The molecule has 2 nitrogen and oxygen atoms in total. The number of piperidine rings is 1. The Labute approximate surface area is 94.0 Å². The minimum atomic E-state index is -0.464. The van der Waals surface area contributed by atoms with E-state index in [1.165, 1.54) is 18.2 Å². The largest absolute Gasteiger partial charge is 0.317 e. The SMILES string of the molecule is CN[C@@H]1CCN[C@H](c2c(F)cccc2F)C1. The molecule has 4 heteroatoms. The molecule has 0 aliphatic carbocycles. The van der Waals surface area contributed by atoms with Crippen LogP contribution < -0.4 is 10.6 Å². The Bertz CT molecular complexity index is 348. The van der Waals surface area contributed by atoms with E-state index in [1.54, 1.807) is 0 Å². The molecule has 2 rings (SSSR count). The van der Waals surface area contributed by atoms with Crippen LogP contribution in [0, 0.1) is 11.6 Å². The molecule has 0 bridgehead atoms. The molecule has 2 N–H and O–H groups in total. The van der Waals surface area contributed by atoms with Crippen LogP contribution in [-0.2, 0) is 0 Å². The highest BCUT2D eigenvalue weighted by Crippen LogP contribution is 2.27. The van der Waals surface area contributed by atoms with E-state index >= 15 is 0 Å². The topological polar surface area (TPSA) is 24.1 Å². The van der Waals surface area contributed by atoms with Gasteiger partial charge in [-0.15, -0.1) is 0 Å². The van der Waals surface area contributed by atoms with E-state index in [1.807, 2.05) is 7.05 Å². The third-order valence-electron chi connectivity index (χ3n) is 3.16. The third-order valence-corrected chi connectivity index (χ3v) is 3.16. The fraction of sp³-hybridized carbons (Fsp3) is 0.500. The van der Waals surface area contributed by atoms with Gasteiger partial charge in [0.05, 0.1) is 0 Å². The van der Waals surface area contributed by atoms with E-state index in [0.29, 0.717) is 12.5 Å². The van der Waals surface area contributed by atoms with Crippen LogP contribution >= 0.6 is 0 Å². The van der Waals surface area contributed by atoms with Gasteiger partial charge in [0.15, 0.2) is 0 Å². The molecule has 1 aromatic rings. The highest BCUT2D eigenvalue weighted by molar-refractivity contribution is 5.24. The molecule has 16 heavy (non-hydrogen) atoms. The number of nitrogens with one attached hydrogen (secondary N) is 2. The number of rotatable bonds is 2. The van der Waals surface area contributed by atoms with Gasteiger partial charge < -0.3 is 10.6 Å². The maximum atomic E-state index is 13.6. The van der Waals surface area contributed by atoms with E-state index < -0.39 is 11.6 Å². The Balaban J connectivity index is 2.23. The summed E-state index contributed by atoms with van der Waals surface area (Å²) in [5, 5.41) is 6.32. The predicted octanol–water partition coefficient (Wildman–Crippen LogP) is 1.98. The van der Waals surface area contributed by atoms with Gasteiger partial charge in [0.25, 0.3) is 0 Å². The Morgan fingerprint density at radius 2 is 2.00 bits per heavy atom. The quantitative estimate of drug-likeness (QED) is 0.805. The lowest BCUT2D eigenvalue weighted by molar-refractivity contribution is 0.323. The number of halogens is 2. The van der Waals surface area contributed by atoms with Crippen molar-refractivity contribution in [1.29, 1.82) is 0 Å². The van der Waals surface area contributed by atoms with Crippen molar-refractivity contribution in [1.82, 2.24) is 10.6 Å². The van der Waals surface area contributed by atoms with Crippen molar-refractivity contribution in [3.05, 3.63) is 35.4 Å². The van der Waals surface area contributed by atoms with Crippen LogP contribution in [0.5, 0.6) is 0 Å². The molecule has 2 atom stereocenters. The van der Waals surface area contributed by atoms with Crippen molar-refractivity contribution < 1.29 is 8.78 Å². The zero-order valence-corrected chi connectivity index (χ0v) is 9.26.